The van der Waals surface area contributed by atoms with Crippen LogP contribution in [0.25, 0.3) is 10.9 Å². The maximum atomic E-state index is 8.99. The molecule has 2 rings (SSSR count). The summed E-state index contributed by atoms with van der Waals surface area (Å²) in [5, 5.41) is 10.3. The van der Waals surface area contributed by atoms with Crippen LogP contribution in [0.4, 0.5) is 0 Å². The second kappa shape index (κ2) is 5.79. The van der Waals surface area contributed by atoms with E-state index in [2.05, 4.69) is 57.0 Å². The number of aromatic nitrogens is 1. The fourth-order valence-corrected chi connectivity index (χ4v) is 2.65. The molecule has 2 nitrogen and oxygen atoms in total. The van der Waals surface area contributed by atoms with Crippen molar-refractivity contribution in [1.82, 2.24) is 4.57 Å². The summed E-state index contributed by atoms with van der Waals surface area (Å²) in [4.78, 5) is 0. The van der Waals surface area contributed by atoms with Gasteiger partial charge >= 0.3 is 0 Å². The molecule has 1 heterocycles. The Morgan fingerprint density at radius 2 is 2.05 bits per heavy atom. The summed E-state index contributed by atoms with van der Waals surface area (Å²) in [7, 11) is 0. The van der Waals surface area contributed by atoms with Crippen molar-refractivity contribution in [2.45, 2.75) is 39.7 Å². The molecule has 1 aromatic heterocycles. The molecule has 0 aliphatic rings. The zero-order chi connectivity index (χ0) is 13.9. The molecule has 0 fully saturated rings. The fraction of sp³-hybridized carbons (Fsp3) is 0.438. The molecular formula is C16H19BrN2. The lowest BCUT2D eigenvalue weighted by Gasteiger charge is -2.14. The van der Waals surface area contributed by atoms with E-state index in [-0.39, 0.29) is 5.41 Å². The summed E-state index contributed by atoms with van der Waals surface area (Å²) in [6, 6.07) is 10.9. The largest absolute Gasteiger partial charge is 0.347 e. The molecule has 100 valence electrons. The van der Waals surface area contributed by atoms with Gasteiger partial charge in [-0.15, -0.1) is 0 Å². The van der Waals surface area contributed by atoms with Crippen LogP contribution in [0.15, 0.2) is 34.9 Å². The van der Waals surface area contributed by atoms with Gasteiger partial charge in [-0.1, -0.05) is 22.4 Å². The van der Waals surface area contributed by atoms with E-state index < -0.39 is 0 Å². The Kier molecular flexibility index (Phi) is 4.31. The molecule has 0 radical (unpaired) electrons. The number of aryl methyl sites for hydroxylation is 1. The van der Waals surface area contributed by atoms with Crippen LogP contribution in [-0.2, 0) is 6.54 Å². The minimum Gasteiger partial charge on any atom is -0.347 e. The minimum absolute atomic E-state index is 0.191. The van der Waals surface area contributed by atoms with E-state index in [4.69, 9.17) is 5.26 Å². The van der Waals surface area contributed by atoms with Crippen molar-refractivity contribution in [2.24, 2.45) is 5.41 Å². The summed E-state index contributed by atoms with van der Waals surface area (Å²) in [5.41, 5.74) is 1.09. The molecule has 0 N–H and O–H groups in total. The summed E-state index contributed by atoms with van der Waals surface area (Å²) in [6.07, 6.45) is 5.32. The normalized spacial score (nSPS) is 11.7. The van der Waals surface area contributed by atoms with Crippen LogP contribution in [0.2, 0.25) is 0 Å². The predicted molar refractivity (Wildman–Crippen MR) is 82.9 cm³/mol. The highest BCUT2D eigenvalue weighted by Crippen LogP contribution is 2.24. The number of fused-ring (bicyclic) bond motifs is 1. The van der Waals surface area contributed by atoms with Crippen LogP contribution in [0.3, 0.4) is 0 Å². The molecule has 0 aliphatic heterocycles. The molecule has 0 amide bonds. The lowest BCUT2D eigenvalue weighted by atomic mass is 9.89. The van der Waals surface area contributed by atoms with Gasteiger partial charge in [0.1, 0.15) is 0 Å². The molecule has 0 unspecified atom stereocenters. The van der Waals surface area contributed by atoms with E-state index in [0.717, 1.165) is 30.3 Å². The van der Waals surface area contributed by atoms with Crippen LogP contribution in [0.5, 0.6) is 0 Å². The summed E-state index contributed by atoms with van der Waals surface area (Å²) in [6.45, 7) is 5.04. The quantitative estimate of drug-likeness (QED) is 0.703. The zero-order valence-electron chi connectivity index (χ0n) is 11.5. The highest BCUT2D eigenvalue weighted by molar-refractivity contribution is 9.10. The zero-order valence-corrected chi connectivity index (χ0v) is 13.1. The smallest absolute Gasteiger partial charge is 0.0683 e. The Bertz CT molecular complexity index is 605. The molecule has 0 saturated carbocycles. The molecule has 3 heteroatoms. The lowest BCUT2D eigenvalue weighted by Crippen LogP contribution is -2.08. The monoisotopic (exact) mass is 318 g/mol. The Morgan fingerprint density at radius 1 is 1.26 bits per heavy atom. The molecule has 0 bridgehead atoms. The first-order valence-corrected chi connectivity index (χ1v) is 7.47. The van der Waals surface area contributed by atoms with E-state index in [9.17, 15) is 0 Å². The molecule has 1 aromatic carbocycles. The van der Waals surface area contributed by atoms with Crippen LogP contribution >= 0.6 is 15.9 Å². The first-order chi connectivity index (χ1) is 9.02. The summed E-state index contributed by atoms with van der Waals surface area (Å²) in [5.74, 6) is 0. The number of nitrogens with zero attached hydrogens (tertiary/aromatic N) is 2. The van der Waals surface area contributed by atoms with Crippen LogP contribution in [-0.4, -0.2) is 4.57 Å². The molecular weight excluding hydrogens is 300 g/mol. The molecule has 0 spiro atoms. The maximum Gasteiger partial charge on any atom is 0.0683 e. The average molecular weight is 319 g/mol. The molecule has 19 heavy (non-hydrogen) atoms. The molecule has 0 saturated heterocycles. The Labute approximate surface area is 123 Å². The Hall–Kier alpha value is -1.27. The van der Waals surface area contributed by atoms with Crippen LogP contribution in [0.1, 0.15) is 33.1 Å². The van der Waals surface area contributed by atoms with Gasteiger partial charge in [0.2, 0.25) is 0 Å². The summed E-state index contributed by atoms with van der Waals surface area (Å²) >= 11 is 3.50. The third-order valence-corrected chi connectivity index (χ3v) is 3.98. The minimum atomic E-state index is -0.191. The van der Waals surface area contributed by atoms with E-state index in [1.54, 1.807) is 0 Å². The number of hydrogen-bond acceptors (Lipinski definition) is 1. The van der Waals surface area contributed by atoms with Crippen molar-refractivity contribution in [1.29, 1.82) is 5.26 Å². The molecule has 2 aromatic rings. The average Bonchev–Trinajstić information content (AvgIpc) is 2.77. The molecule has 0 aliphatic carbocycles. The van der Waals surface area contributed by atoms with E-state index in [0.29, 0.717) is 0 Å². The van der Waals surface area contributed by atoms with Gasteiger partial charge in [-0.3, -0.25) is 0 Å². The van der Waals surface area contributed by atoms with Gasteiger partial charge in [0.15, 0.2) is 0 Å². The van der Waals surface area contributed by atoms with Crippen molar-refractivity contribution in [2.75, 3.05) is 0 Å². The van der Waals surface area contributed by atoms with Gasteiger partial charge in [-0.25, -0.2) is 0 Å². The van der Waals surface area contributed by atoms with E-state index in [1.807, 2.05) is 13.8 Å². The maximum absolute atomic E-state index is 8.99. The summed E-state index contributed by atoms with van der Waals surface area (Å²) < 4.78 is 3.41. The van der Waals surface area contributed by atoms with Gasteiger partial charge in [0, 0.05) is 28.1 Å². The SMILES string of the molecule is CC(C)(C#N)CCCCn1ccc2cc(Br)ccc21. The molecule has 0 atom stereocenters. The van der Waals surface area contributed by atoms with Crippen molar-refractivity contribution in [3.05, 3.63) is 34.9 Å². The third-order valence-electron chi connectivity index (χ3n) is 3.49. The van der Waals surface area contributed by atoms with Gasteiger partial charge in [-0.2, -0.15) is 5.26 Å². The van der Waals surface area contributed by atoms with Crippen molar-refractivity contribution in [3.8, 4) is 6.07 Å². The lowest BCUT2D eigenvalue weighted by molar-refractivity contribution is 0.418. The highest BCUT2D eigenvalue weighted by Gasteiger charge is 2.15. The first-order valence-electron chi connectivity index (χ1n) is 6.67. The van der Waals surface area contributed by atoms with Gasteiger partial charge in [-0.05, 0) is 51.0 Å². The Morgan fingerprint density at radius 3 is 2.79 bits per heavy atom. The van der Waals surface area contributed by atoms with Crippen molar-refractivity contribution >= 4 is 26.8 Å². The van der Waals surface area contributed by atoms with Crippen molar-refractivity contribution < 1.29 is 0 Å². The second-order valence-corrected chi connectivity index (χ2v) is 6.58. The first kappa shape index (κ1) is 14.1. The van der Waals surface area contributed by atoms with E-state index in [1.165, 1.54) is 10.9 Å². The fourth-order valence-electron chi connectivity index (χ4n) is 2.27. The van der Waals surface area contributed by atoms with Crippen LogP contribution in [0, 0.1) is 16.7 Å². The highest BCUT2D eigenvalue weighted by atomic mass is 79.9. The van der Waals surface area contributed by atoms with Gasteiger partial charge < -0.3 is 4.57 Å². The van der Waals surface area contributed by atoms with Crippen molar-refractivity contribution in [3.63, 3.8) is 0 Å². The topological polar surface area (TPSA) is 28.7 Å². The number of benzene rings is 1. The predicted octanol–water partition coefficient (Wildman–Crippen LogP) is 5.12. The van der Waals surface area contributed by atoms with Gasteiger partial charge in [0.05, 0.1) is 11.5 Å². The number of unbranched alkanes of at least 4 members (excludes halogenated alkanes) is 1. The third kappa shape index (κ3) is 3.61. The number of hydrogen-bond donors (Lipinski definition) is 0. The second-order valence-electron chi connectivity index (χ2n) is 5.67. The van der Waals surface area contributed by atoms with Gasteiger partial charge in [0.25, 0.3) is 0 Å². The Balaban J connectivity index is 1.94. The standard InChI is InChI=1S/C16H19BrN2/c1-16(2,12-18)8-3-4-9-19-10-7-13-11-14(17)5-6-15(13)19/h5-7,10-11H,3-4,8-9H2,1-2H3. The number of nitriles is 1. The number of rotatable bonds is 5. The number of halogens is 1. The van der Waals surface area contributed by atoms with Crippen LogP contribution < -0.4 is 0 Å². The van der Waals surface area contributed by atoms with E-state index >= 15 is 0 Å².